The third-order valence-corrected chi connectivity index (χ3v) is 5.40. The van der Waals surface area contributed by atoms with Gasteiger partial charge in [0.15, 0.2) is 11.6 Å². The van der Waals surface area contributed by atoms with Crippen molar-refractivity contribution in [3.8, 4) is 0 Å². The molecule has 0 aliphatic carbocycles. The summed E-state index contributed by atoms with van der Waals surface area (Å²) in [5.74, 6) is -0.800. The highest BCUT2D eigenvalue weighted by atomic mass is 19.1. The number of carbonyl (C=O) groups is 1. The molecule has 1 amide bonds. The lowest BCUT2D eigenvalue weighted by Gasteiger charge is -2.32. The Labute approximate surface area is 173 Å². The molecule has 0 bridgehead atoms. The minimum absolute atomic E-state index is 0.0479. The Kier molecular flexibility index (Phi) is 5.63. The number of amides is 1. The molecular formula is C21H24F2N6O. The molecule has 1 fully saturated rings. The number of fused-ring (bicyclic) bond motifs is 1. The Morgan fingerprint density at radius 3 is 2.93 bits per heavy atom. The second-order valence-corrected chi connectivity index (χ2v) is 7.76. The maximum Gasteiger partial charge on any atom is 0.246 e. The zero-order chi connectivity index (χ0) is 21.3. The second kappa shape index (κ2) is 8.35. The van der Waals surface area contributed by atoms with Crippen molar-refractivity contribution in [1.29, 1.82) is 0 Å². The summed E-state index contributed by atoms with van der Waals surface area (Å²) in [6, 6.07) is 3.13. The Bertz CT molecular complexity index is 982. The van der Waals surface area contributed by atoms with Crippen LogP contribution in [0.25, 0.3) is 0 Å². The minimum atomic E-state index is -0.588. The van der Waals surface area contributed by atoms with Crippen LogP contribution in [0.1, 0.15) is 24.0 Å². The van der Waals surface area contributed by atoms with Crippen LogP contribution in [-0.4, -0.2) is 51.9 Å². The fourth-order valence-electron chi connectivity index (χ4n) is 3.98. The summed E-state index contributed by atoms with van der Waals surface area (Å²) in [5.41, 5.74) is 2.12. The van der Waals surface area contributed by atoms with Gasteiger partial charge < -0.3 is 15.5 Å². The van der Waals surface area contributed by atoms with Gasteiger partial charge in [-0.2, -0.15) is 4.98 Å². The second-order valence-electron chi connectivity index (χ2n) is 7.76. The van der Waals surface area contributed by atoms with Gasteiger partial charge in [0.25, 0.3) is 0 Å². The maximum atomic E-state index is 14.4. The summed E-state index contributed by atoms with van der Waals surface area (Å²) in [5, 5.41) is 6.03. The molecule has 2 aliphatic heterocycles. The first-order valence-corrected chi connectivity index (χ1v) is 9.90. The molecule has 158 valence electrons. The van der Waals surface area contributed by atoms with Gasteiger partial charge in [0, 0.05) is 43.5 Å². The number of anilines is 3. The molecule has 1 aromatic heterocycles. The number of aromatic nitrogens is 2. The lowest BCUT2D eigenvalue weighted by atomic mass is 10.1. The molecule has 0 spiro atoms. The van der Waals surface area contributed by atoms with E-state index < -0.39 is 5.82 Å². The van der Waals surface area contributed by atoms with Crippen molar-refractivity contribution >= 4 is 23.4 Å². The first-order chi connectivity index (χ1) is 14.4. The normalized spacial score (nSPS) is 18.8. The number of nitrogens with zero attached hydrogens (tertiary/aromatic N) is 4. The fourth-order valence-corrected chi connectivity index (χ4v) is 3.98. The van der Waals surface area contributed by atoms with E-state index in [0.717, 1.165) is 24.6 Å². The molecule has 7 nitrogen and oxygen atoms in total. The van der Waals surface area contributed by atoms with Gasteiger partial charge in [-0.05, 0) is 43.7 Å². The van der Waals surface area contributed by atoms with E-state index in [1.807, 2.05) is 18.0 Å². The van der Waals surface area contributed by atoms with Crippen molar-refractivity contribution in [2.24, 2.45) is 0 Å². The lowest BCUT2D eigenvalue weighted by molar-refractivity contribution is -0.127. The number of carbonyl (C=O) groups excluding carboxylic acids is 1. The highest BCUT2D eigenvalue weighted by Gasteiger charge is 2.24. The largest absolute Gasteiger partial charge is 0.363 e. The number of halogens is 2. The SMILES string of the molecule is C=CC(=O)N1CCCC(Nc2nc(Nc3cc(F)c4c(c3)CN(C)C4)ncc2F)C1. The quantitative estimate of drug-likeness (QED) is 0.733. The van der Waals surface area contributed by atoms with Crippen molar-refractivity contribution in [3.63, 3.8) is 0 Å². The molecule has 4 rings (SSSR count). The van der Waals surface area contributed by atoms with Crippen molar-refractivity contribution in [1.82, 2.24) is 19.8 Å². The number of rotatable bonds is 5. The van der Waals surface area contributed by atoms with E-state index in [1.165, 1.54) is 12.1 Å². The van der Waals surface area contributed by atoms with Crippen LogP contribution in [0.4, 0.5) is 26.2 Å². The van der Waals surface area contributed by atoms with Crippen LogP contribution in [0.15, 0.2) is 31.0 Å². The van der Waals surface area contributed by atoms with Crippen LogP contribution in [0.3, 0.4) is 0 Å². The number of benzene rings is 1. The van der Waals surface area contributed by atoms with E-state index in [9.17, 15) is 13.6 Å². The molecule has 9 heteroatoms. The lowest BCUT2D eigenvalue weighted by Crippen LogP contribution is -2.44. The molecule has 30 heavy (non-hydrogen) atoms. The van der Waals surface area contributed by atoms with Crippen LogP contribution in [0, 0.1) is 11.6 Å². The van der Waals surface area contributed by atoms with E-state index in [2.05, 4.69) is 27.2 Å². The summed E-state index contributed by atoms with van der Waals surface area (Å²) in [4.78, 5) is 23.8. The van der Waals surface area contributed by atoms with Gasteiger partial charge in [0.2, 0.25) is 11.9 Å². The molecule has 2 aromatic rings. The van der Waals surface area contributed by atoms with Crippen molar-refractivity contribution in [2.45, 2.75) is 32.0 Å². The van der Waals surface area contributed by atoms with Crippen molar-refractivity contribution in [2.75, 3.05) is 30.8 Å². The van der Waals surface area contributed by atoms with Gasteiger partial charge >= 0.3 is 0 Å². The van der Waals surface area contributed by atoms with Crippen LogP contribution >= 0.6 is 0 Å². The van der Waals surface area contributed by atoms with Gasteiger partial charge in [-0.25, -0.2) is 13.8 Å². The van der Waals surface area contributed by atoms with Crippen LogP contribution in [0.5, 0.6) is 0 Å². The third kappa shape index (κ3) is 4.25. The number of nitrogens with one attached hydrogen (secondary N) is 2. The standard InChI is InChI=1S/C21H24F2N6O/c1-3-19(30)29-6-4-5-14(11-29)25-20-18(23)9-24-21(27-20)26-15-7-13-10-28(2)12-16(13)17(22)8-15/h3,7-9,14H,1,4-6,10-12H2,2H3,(H2,24,25,26,27). The molecule has 0 saturated carbocycles. The highest BCUT2D eigenvalue weighted by Crippen LogP contribution is 2.29. The number of likely N-dealkylation sites (tertiary alicyclic amines) is 1. The van der Waals surface area contributed by atoms with E-state index >= 15 is 0 Å². The summed E-state index contributed by atoms with van der Waals surface area (Å²) < 4.78 is 28.7. The molecule has 0 radical (unpaired) electrons. The van der Waals surface area contributed by atoms with Crippen LogP contribution < -0.4 is 10.6 Å². The number of hydrogen-bond donors (Lipinski definition) is 2. The van der Waals surface area contributed by atoms with Gasteiger partial charge in [0.05, 0.1) is 6.20 Å². The first kappa shape index (κ1) is 20.2. The molecule has 1 saturated heterocycles. The van der Waals surface area contributed by atoms with Gasteiger partial charge in [-0.3, -0.25) is 9.69 Å². The molecule has 1 unspecified atom stereocenters. The molecule has 1 atom stereocenters. The molecular weight excluding hydrogens is 390 g/mol. The Balaban J connectivity index is 1.49. The van der Waals surface area contributed by atoms with Crippen molar-refractivity contribution < 1.29 is 13.6 Å². The topological polar surface area (TPSA) is 73.4 Å². The predicted octanol–water partition coefficient (Wildman–Crippen LogP) is 3.03. The van der Waals surface area contributed by atoms with E-state index in [1.54, 1.807) is 4.90 Å². The Hall–Kier alpha value is -3.07. The summed E-state index contributed by atoms with van der Waals surface area (Å²) in [6.45, 7) is 5.86. The van der Waals surface area contributed by atoms with Crippen LogP contribution in [0.2, 0.25) is 0 Å². The highest BCUT2D eigenvalue weighted by molar-refractivity contribution is 5.87. The number of hydrogen-bond acceptors (Lipinski definition) is 6. The van der Waals surface area contributed by atoms with Gasteiger partial charge in [-0.15, -0.1) is 0 Å². The van der Waals surface area contributed by atoms with Crippen LogP contribution in [-0.2, 0) is 17.9 Å². The minimum Gasteiger partial charge on any atom is -0.363 e. The van der Waals surface area contributed by atoms with Gasteiger partial charge in [0.1, 0.15) is 5.82 Å². The van der Waals surface area contributed by atoms with E-state index in [-0.39, 0.29) is 29.5 Å². The maximum absolute atomic E-state index is 14.4. The molecule has 3 heterocycles. The van der Waals surface area contributed by atoms with Crippen molar-refractivity contribution in [3.05, 3.63) is 53.7 Å². The Morgan fingerprint density at radius 1 is 1.30 bits per heavy atom. The fraction of sp³-hybridized carbons (Fsp3) is 0.381. The zero-order valence-electron chi connectivity index (χ0n) is 16.8. The predicted molar refractivity (Wildman–Crippen MR) is 110 cm³/mol. The molecule has 1 aromatic carbocycles. The van der Waals surface area contributed by atoms with Gasteiger partial charge in [-0.1, -0.05) is 6.58 Å². The summed E-state index contributed by atoms with van der Waals surface area (Å²) >= 11 is 0. The molecule has 2 aliphatic rings. The van der Waals surface area contributed by atoms with E-state index in [0.29, 0.717) is 37.4 Å². The summed E-state index contributed by atoms with van der Waals surface area (Å²) in [7, 11) is 1.93. The third-order valence-electron chi connectivity index (χ3n) is 5.40. The first-order valence-electron chi connectivity index (χ1n) is 9.90. The summed E-state index contributed by atoms with van der Waals surface area (Å²) in [6.07, 6.45) is 3.95. The van der Waals surface area contributed by atoms with E-state index in [4.69, 9.17) is 0 Å². The monoisotopic (exact) mass is 414 g/mol. The Morgan fingerprint density at radius 2 is 2.13 bits per heavy atom. The number of piperidine rings is 1. The molecule has 2 N–H and O–H groups in total. The zero-order valence-corrected chi connectivity index (χ0v) is 16.8. The average molecular weight is 414 g/mol. The average Bonchev–Trinajstić information content (AvgIpc) is 3.11. The smallest absolute Gasteiger partial charge is 0.246 e.